The topological polar surface area (TPSA) is 56.5 Å². The van der Waals surface area contributed by atoms with E-state index < -0.39 is 0 Å². The molecule has 23 heavy (non-hydrogen) atoms. The Labute approximate surface area is 140 Å². The molecule has 1 aromatic carbocycles. The monoisotopic (exact) mass is 334 g/mol. The summed E-state index contributed by atoms with van der Waals surface area (Å²) in [4.78, 5) is 4.50. The number of nitrogens with zero attached hydrogens (tertiary/aromatic N) is 2. The molecule has 0 radical (unpaired) electrons. The van der Waals surface area contributed by atoms with Gasteiger partial charge in [0.15, 0.2) is 11.4 Å². The van der Waals surface area contributed by atoms with Crippen LogP contribution in [-0.4, -0.2) is 39.9 Å². The number of aliphatic hydroxyl groups excluding tert-OH is 1. The van der Waals surface area contributed by atoms with E-state index >= 15 is 0 Å². The lowest BCUT2D eigenvalue weighted by Crippen LogP contribution is -2.09. The van der Waals surface area contributed by atoms with E-state index in [2.05, 4.69) is 40.7 Å². The number of hydrogen-bond acceptors (Lipinski definition) is 5. The van der Waals surface area contributed by atoms with Crippen molar-refractivity contribution >= 4 is 11.8 Å². The average molecular weight is 334 g/mol. The van der Waals surface area contributed by atoms with Gasteiger partial charge >= 0.3 is 0 Å². The van der Waals surface area contributed by atoms with Crippen LogP contribution in [0.2, 0.25) is 0 Å². The Morgan fingerprint density at radius 1 is 1.26 bits per heavy atom. The van der Waals surface area contributed by atoms with Crippen LogP contribution in [0.25, 0.3) is 0 Å². The zero-order valence-electron chi connectivity index (χ0n) is 13.3. The molecule has 124 valence electrons. The van der Waals surface area contributed by atoms with Crippen LogP contribution in [0.4, 0.5) is 0 Å². The van der Waals surface area contributed by atoms with Crippen molar-refractivity contribution in [3.8, 4) is 0 Å². The van der Waals surface area contributed by atoms with Gasteiger partial charge in [-0.3, -0.25) is 0 Å². The van der Waals surface area contributed by atoms with Crippen molar-refractivity contribution < 1.29 is 14.6 Å². The Bertz CT molecular complexity index is 621. The normalized spacial score (nSPS) is 15.4. The quantitative estimate of drug-likeness (QED) is 0.789. The van der Waals surface area contributed by atoms with Crippen molar-refractivity contribution in [1.82, 2.24) is 9.55 Å². The van der Waals surface area contributed by atoms with Crippen LogP contribution in [0.15, 0.2) is 35.6 Å². The van der Waals surface area contributed by atoms with Crippen molar-refractivity contribution in [3.05, 3.63) is 47.3 Å². The van der Waals surface area contributed by atoms with Gasteiger partial charge in [0.25, 0.3) is 0 Å². The molecule has 0 unspecified atom stereocenters. The molecule has 5 nitrogen and oxygen atoms in total. The van der Waals surface area contributed by atoms with Crippen LogP contribution < -0.4 is 0 Å². The third-order valence-electron chi connectivity index (χ3n) is 3.70. The third kappa shape index (κ3) is 4.57. The predicted molar refractivity (Wildman–Crippen MR) is 89.5 cm³/mol. The molecule has 0 saturated carbocycles. The predicted octanol–water partition coefficient (Wildman–Crippen LogP) is 2.59. The van der Waals surface area contributed by atoms with E-state index in [-0.39, 0.29) is 12.9 Å². The summed E-state index contributed by atoms with van der Waals surface area (Å²) in [5.74, 6) is 0.875. The molecule has 1 aromatic heterocycles. The minimum Gasteiger partial charge on any atom is -0.390 e. The first-order chi connectivity index (χ1) is 11.2. The van der Waals surface area contributed by atoms with Gasteiger partial charge in [-0.15, -0.1) is 0 Å². The first-order valence-electron chi connectivity index (χ1n) is 7.83. The smallest absolute Gasteiger partial charge is 0.168 e. The Balaban J connectivity index is 1.63. The molecule has 1 fully saturated rings. The SMILES string of the molecule is Cc1ccc(Cn2cc(CO)nc2SCCC2OCCO2)cc1. The number of aliphatic hydroxyl groups is 1. The first kappa shape index (κ1) is 16.5. The van der Waals surface area contributed by atoms with E-state index in [0.29, 0.717) is 18.9 Å². The Kier molecular flexibility index (Phi) is 5.72. The third-order valence-corrected chi connectivity index (χ3v) is 4.72. The molecule has 0 spiro atoms. The van der Waals surface area contributed by atoms with Gasteiger partial charge < -0.3 is 19.1 Å². The number of aromatic nitrogens is 2. The molecule has 1 aliphatic heterocycles. The molecule has 0 atom stereocenters. The molecule has 0 amide bonds. The van der Waals surface area contributed by atoms with E-state index in [1.807, 2.05) is 6.20 Å². The van der Waals surface area contributed by atoms with Crippen molar-refractivity contribution in [3.63, 3.8) is 0 Å². The standard InChI is InChI=1S/C17H22N2O3S/c1-13-2-4-14(5-3-13)10-19-11-15(12-20)18-17(19)23-9-6-16-21-7-8-22-16/h2-5,11,16,20H,6-10,12H2,1H3. The minimum atomic E-state index is -0.0830. The van der Waals surface area contributed by atoms with Crippen LogP contribution in [0.5, 0.6) is 0 Å². The van der Waals surface area contributed by atoms with Crippen LogP contribution in [0, 0.1) is 6.92 Å². The first-order valence-corrected chi connectivity index (χ1v) is 8.81. The highest BCUT2D eigenvalue weighted by atomic mass is 32.2. The number of hydrogen-bond donors (Lipinski definition) is 1. The van der Waals surface area contributed by atoms with E-state index in [1.54, 1.807) is 11.8 Å². The van der Waals surface area contributed by atoms with E-state index in [4.69, 9.17) is 9.47 Å². The maximum absolute atomic E-state index is 9.35. The summed E-state index contributed by atoms with van der Waals surface area (Å²) < 4.78 is 13.0. The molecule has 1 saturated heterocycles. The van der Waals surface area contributed by atoms with Gasteiger partial charge in [0.1, 0.15) is 0 Å². The summed E-state index contributed by atoms with van der Waals surface area (Å²) in [6, 6.07) is 8.48. The number of aryl methyl sites for hydroxylation is 1. The molecule has 0 aliphatic carbocycles. The summed E-state index contributed by atoms with van der Waals surface area (Å²) >= 11 is 1.67. The molecule has 0 bridgehead atoms. The number of thioether (sulfide) groups is 1. The molecule has 2 aromatic rings. The molecular weight excluding hydrogens is 312 g/mol. The summed E-state index contributed by atoms with van der Waals surface area (Å²) in [5, 5.41) is 10.3. The van der Waals surface area contributed by atoms with Crippen molar-refractivity contribution in [1.29, 1.82) is 0 Å². The van der Waals surface area contributed by atoms with Gasteiger partial charge in [-0.1, -0.05) is 41.6 Å². The molecule has 1 N–H and O–H groups in total. The summed E-state index contributed by atoms with van der Waals surface area (Å²) in [7, 11) is 0. The number of ether oxygens (including phenoxy) is 2. The van der Waals surface area contributed by atoms with Crippen molar-refractivity contribution in [2.75, 3.05) is 19.0 Å². The zero-order chi connectivity index (χ0) is 16.1. The lowest BCUT2D eigenvalue weighted by atomic mass is 10.1. The highest BCUT2D eigenvalue weighted by Crippen LogP contribution is 2.22. The summed E-state index contributed by atoms with van der Waals surface area (Å²) in [6.07, 6.45) is 2.68. The van der Waals surface area contributed by atoms with Crippen molar-refractivity contribution in [2.24, 2.45) is 0 Å². The largest absolute Gasteiger partial charge is 0.390 e. The van der Waals surface area contributed by atoms with Gasteiger partial charge in [0.2, 0.25) is 0 Å². The molecule has 2 heterocycles. The Hall–Kier alpha value is -1.34. The average Bonchev–Trinajstić information content (AvgIpc) is 3.20. The van der Waals surface area contributed by atoms with Crippen LogP contribution in [0.3, 0.4) is 0 Å². The fourth-order valence-corrected chi connectivity index (χ4v) is 3.42. The molecule has 3 rings (SSSR count). The second-order valence-electron chi connectivity index (χ2n) is 5.59. The number of rotatable bonds is 7. The minimum absolute atomic E-state index is 0.0384. The van der Waals surface area contributed by atoms with Crippen LogP contribution in [0.1, 0.15) is 23.2 Å². The lowest BCUT2D eigenvalue weighted by Gasteiger charge is -2.10. The van der Waals surface area contributed by atoms with E-state index in [1.165, 1.54) is 11.1 Å². The van der Waals surface area contributed by atoms with E-state index in [9.17, 15) is 5.11 Å². The summed E-state index contributed by atoms with van der Waals surface area (Å²) in [6.45, 7) is 4.17. The summed E-state index contributed by atoms with van der Waals surface area (Å²) in [5.41, 5.74) is 3.18. The fourth-order valence-electron chi connectivity index (χ4n) is 2.47. The van der Waals surface area contributed by atoms with Crippen LogP contribution >= 0.6 is 11.8 Å². The van der Waals surface area contributed by atoms with Crippen LogP contribution in [-0.2, 0) is 22.6 Å². The second-order valence-corrected chi connectivity index (χ2v) is 6.66. The maximum atomic E-state index is 9.35. The maximum Gasteiger partial charge on any atom is 0.168 e. The number of imidazole rings is 1. The molecule has 6 heteroatoms. The molecular formula is C17H22N2O3S. The lowest BCUT2D eigenvalue weighted by molar-refractivity contribution is -0.0421. The van der Waals surface area contributed by atoms with E-state index in [0.717, 1.165) is 23.9 Å². The van der Waals surface area contributed by atoms with Gasteiger partial charge in [-0.05, 0) is 12.5 Å². The molecule has 1 aliphatic rings. The fraction of sp³-hybridized carbons (Fsp3) is 0.471. The van der Waals surface area contributed by atoms with Gasteiger partial charge in [-0.25, -0.2) is 4.98 Å². The Morgan fingerprint density at radius 2 is 2.00 bits per heavy atom. The second kappa shape index (κ2) is 7.97. The van der Waals surface area contributed by atoms with Gasteiger partial charge in [-0.2, -0.15) is 0 Å². The zero-order valence-corrected chi connectivity index (χ0v) is 14.1. The van der Waals surface area contributed by atoms with Gasteiger partial charge in [0, 0.05) is 24.9 Å². The van der Waals surface area contributed by atoms with Gasteiger partial charge in [0.05, 0.1) is 25.5 Å². The highest BCUT2D eigenvalue weighted by Gasteiger charge is 2.16. The highest BCUT2D eigenvalue weighted by molar-refractivity contribution is 7.99. The number of benzene rings is 1. The van der Waals surface area contributed by atoms with Crippen molar-refractivity contribution in [2.45, 2.75) is 37.9 Å². The Morgan fingerprint density at radius 3 is 2.70 bits per heavy atom.